The van der Waals surface area contributed by atoms with Crippen molar-refractivity contribution in [1.82, 2.24) is 0 Å². The first-order valence-corrected chi connectivity index (χ1v) is 6.84. The smallest absolute Gasteiger partial charge is 0.377 e. The molecule has 1 aliphatic carbocycles. The van der Waals surface area contributed by atoms with E-state index >= 15 is 0 Å². The molecule has 1 fully saturated rings. The van der Waals surface area contributed by atoms with Gasteiger partial charge in [-0.25, -0.2) is 0 Å². The third-order valence-electron chi connectivity index (χ3n) is 3.41. The summed E-state index contributed by atoms with van der Waals surface area (Å²) in [6.45, 7) is 0.708. The van der Waals surface area contributed by atoms with Gasteiger partial charge in [-0.15, -0.1) is 0 Å². The molecule has 0 amide bonds. The molecule has 5 nitrogen and oxygen atoms in total. The Kier molecular flexibility index (Phi) is 8.49. The summed E-state index contributed by atoms with van der Waals surface area (Å²) >= 11 is 0. The van der Waals surface area contributed by atoms with Crippen LogP contribution in [0.1, 0.15) is 12.0 Å². The second-order valence-corrected chi connectivity index (χ2v) is 4.71. The van der Waals surface area contributed by atoms with Crippen LogP contribution in [0.15, 0.2) is 30.3 Å². The van der Waals surface area contributed by atoms with E-state index in [1.165, 1.54) is 0 Å². The Labute approximate surface area is 164 Å². The SMILES string of the molecule is N#C[C]1[C](C#N)[C](C#N)[C](CCOCc2ccccc2)[C]1C#N.[Na+]. The molecule has 0 aromatic heterocycles. The van der Waals surface area contributed by atoms with E-state index in [4.69, 9.17) is 15.3 Å². The van der Waals surface area contributed by atoms with Gasteiger partial charge < -0.3 is 4.74 Å². The van der Waals surface area contributed by atoms with E-state index in [9.17, 15) is 10.5 Å². The second-order valence-electron chi connectivity index (χ2n) is 4.71. The van der Waals surface area contributed by atoms with Crippen LogP contribution in [0.3, 0.4) is 0 Å². The van der Waals surface area contributed by atoms with Crippen molar-refractivity contribution in [3.8, 4) is 24.3 Å². The van der Waals surface area contributed by atoms with E-state index < -0.39 is 0 Å². The Morgan fingerprint density at radius 3 is 1.71 bits per heavy atom. The Bertz CT molecular complexity index is 657. The van der Waals surface area contributed by atoms with Crippen molar-refractivity contribution in [1.29, 1.82) is 21.0 Å². The zero-order valence-electron chi connectivity index (χ0n) is 13.2. The van der Waals surface area contributed by atoms with Crippen molar-refractivity contribution < 1.29 is 34.3 Å². The van der Waals surface area contributed by atoms with Crippen molar-refractivity contribution in [3.63, 3.8) is 0 Å². The van der Waals surface area contributed by atoms with Gasteiger partial charge in [0, 0.05) is 12.5 Å². The maximum Gasteiger partial charge on any atom is 1.00 e. The molecule has 109 valence electrons. The number of ether oxygens (including phenoxy) is 1. The van der Waals surface area contributed by atoms with E-state index in [1.807, 2.05) is 54.6 Å². The number of hydrogen-bond acceptors (Lipinski definition) is 5. The molecular formula is C18H11N4NaO+. The molecular weight excluding hydrogens is 311 g/mol. The van der Waals surface area contributed by atoms with Gasteiger partial charge in [-0.05, 0) is 12.0 Å². The number of nitrogens with zero attached hydrogens (tertiary/aromatic N) is 4. The van der Waals surface area contributed by atoms with Gasteiger partial charge in [0.1, 0.15) is 23.7 Å². The zero-order chi connectivity index (χ0) is 16.7. The molecule has 0 heterocycles. The van der Waals surface area contributed by atoms with Gasteiger partial charge in [0.2, 0.25) is 0 Å². The zero-order valence-corrected chi connectivity index (χ0v) is 15.2. The Hall–Kier alpha value is -1.86. The molecule has 0 spiro atoms. The molecule has 0 aliphatic heterocycles. The van der Waals surface area contributed by atoms with Crippen LogP contribution < -0.4 is 29.6 Å². The molecule has 5 radical (unpaired) electrons. The number of rotatable bonds is 5. The van der Waals surface area contributed by atoms with Crippen molar-refractivity contribution in [2.45, 2.75) is 13.0 Å². The van der Waals surface area contributed by atoms with Crippen molar-refractivity contribution in [2.75, 3.05) is 6.61 Å². The fourth-order valence-corrected chi connectivity index (χ4v) is 2.34. The molecule has 24 heavy (non-hydrogen) atoms. The van der Waals surface area contributed by atoms with Gasteiger partial charge in [0.05, 0.1) is 30.9 Å². The summed E-state index contributed by atoms with van der Waals surface area (Å²) in [4.78, 5) is 0. The van der Waals surface area contributed by atoms with Crippen LogP contribution >= 0.6 is 0 Å². The summed E-state index contributed by atoms with van der Waals surface area (Å²) in [5.74, 6) is 0.568. The van der Waals surface area contributed by atoms with Gasteiger partial charge in [0.15, 0.2) is 0 Å². The van der Waals surface area contributed by atoms with E-state index in [1.54, 1.807) is 0 Å². The average molecular weight is 322 g/mol. The van der Waals surface area contributed by atoms with Gasteiger partial charge in [-0.2, -0.15) is 21.0 Å². The molecule has 1 aromatic carbocycles. The largest absolute Gasteiger partial charge is 1.00 e. The van der Waals surface area contributed by atoms with E-state index in [-0.39, 0.29) is 59.8 Å². The van der Waals surface area contributed by atoms with Gasteiger partial charge in [0.25, 0.3) is 0 Å². The van der Waals surface area contributed by atoms with Crippen molar-refractivity contribution in [2.24, 2.45) is 0 Å². The molecule has 0 unspecified atom stereocenters. The molecule has 0 bridgehead atoms. The van der Waals surface area contributed by atoms with Gasteiger partial charge >= 0.3 is 29.6 Å². The van der Waals surface area contributed by atoms with Gasteiger partial charge in [-0.1, -0.05) is 30.3 Å². The Balaban J connectivity index is 0.00000288. The van der Waals surface area contributed by atoms with Gasteiger partial charge in [-0.3, -0.25) is 0 Å². The number of hydrogen-bond donors (Lipinski definition) is 0. The van der Waals surface area contributed by atoms with Crippen LogP contribution in [-0.2, 0) is 11.3 Å². The topological polar surface area (TPSA) is 104 Å². The minimum absolute atomic E-state index is 0. The van der Waals surface area contributed by atoms with Crippen LogP contribution in [-0.4, -0.2) is 6.61 Å². The molecule has 0 N–H and O–H groups in total. The summed E-state index contributed by atoms with van der Waals surface area (Å²) in [6, 6.07) is 17.1. The third kappa shape index (κ3) is 4.36. The molecule has 0 saturated heterocycles. The summed E-state index contributed by atoms with van der Waals surface area (Å²) < 4.78 is 5.55. The molecule has 6 heteroatoms. The van der Waals surface area contributed by atoms with Crippen LogP contribution in [0.25, 0.3) is 0 Å². The summed E-state index contributed by atoms with van der Waals surface area (Å²) in [6.07, 6.45) is 0.301. The maximum absolute atomic E-state index is 9.23. The fourth-order valence-electron chi connectivity index (χ4n) is 2.34. The third-order valence-corrected chi connectivity index (χ3v) is 3.41. The predicted molar refractivity (Wildman–Crippen MR) is 79.4 cm³/mol. The maximum atomic E-state index is 9.23. The molecule has 0 atom stereocenters. The van der Waals surface area contributed by atoms with Crippen molar-refractivity contribution in [3.05, 3.63) is 65.5 Å². The van der Waals surface area contributed by atoms with E-state index in [2.05, 4.69) is 0 Å². The van der Waals surface area contributed by atoms with E-state index in [0.717, 1.165) is 5.56 Å². The minimum atomic E-state index is -0.0235. The molecule has 1 saturated carbocycles. The van der Waals surface area contributed by atoms with Crippen LogP contribution in [0.2, 0.25) is 0 Å². The quantitative estimate of drug-likeness (QED) is 0.541. The summed E-state index contributed by atoms with van der Waals surface area (Å²) in [5.41, 5.74) is 1.02. The molecule has 1 aromatic rings. The summed E-state index contributed by atoms with van der Waals surface area (Å²) in [5, 5.41) is 36.7. The van der Waals surface area contributed by atoms with Crippen LogP contribution in [0, 0.1) is 74.9 Å². The monoisotopic (exact) mass is 322 g/mol. The van der Waals surface area contributed by atoms with E-state index in [0.29, 0.717) is 18.9 Å². The number of benzene rings is 1. The molecule has 1 aliphatic rings. The minimum Gasteiger partial charge on any atom is -0.377 e. The predicted octanol–water partition coefficient (Wildman–Crippen LogP) is -0.422. The standard InChI is InChI=1S/C18H11N4O.Na/c19-8-15-14(16(9-20)18(11-22)17(15)10-21)6-7-23-12-13-4-2-1-3-5-13;/h1-5H,6-7,12H2;/q;+1. The first kappa shape index (κ1) is 20.2. The summed E-state index contributed by atoms with van der Waals surface area (Å²) in [7, 11) is 0. The first-order chi connectivity index (χ1) is 11.3. The Morgan fingerprint density at radius 1 is 0.750 bits per heavy atom. The van der Waals surface area contributed by atoms with Crippen LogP contribution in [0.4, 0.5) is 0 Å². The first-order valence-electron chi connectivity index (χ1n) is 6.84. The average Bonchev–Trinajstić information content (AvgIpc) is 2.91. The fraction of sp³-hybridized carbons (Fsp3) is 0.167. The van der Waals surface area contributed by atoms with Crippen molar-refractivity contribution >= 4 is 0 Å². The number of nitriles is 4. The second kappa shape index (κ2) is 10.1. The van der Waals surface area contributed by atoms with Crippen LogP contribution in [0.5, 0.6) is 0 Å². The Morgan fingerprint density at radius 2 is 1.25 bits per heavy atom. The normalized spacial score (nSPS) is 16.5. The molecule has 2 rings (SSSR count).